The molecular weight excluding hydrogens is 296 g/mol. The van der Waals surface area contributed by atoms with Crippen LogP contribution in [-0.4, -0.2) is 37.0 Å². The van der Waals surface area contributed by atoms with Crippen LogP contribution in [0, 0.1) is 10.1 Å². The smallest absolute Gasteiger partial charge is 0.292 e. The predicted octanol–water partition coefficient (Wildman–Crippen LogP) is 2.94. The van der Waals surface area contributed by atoms with E-state index < -0.39 is 4.92 Å². The molecule has 0 heterocycles. The number of ether oxygens (including phenoxy) is 1. The molecule has 7 nitrogen and oxygen atoms in total. The number of nitrogens with zero attached hydrogens (tertiary/aromatic N) is 2. The minimum absolute atomic E-state index is 0.0217. The third-order valence-corrected chi connectivity index (χ3v) is 3.15. The van der Waals surface area contributed by atoms with E-state index in [1.807, 2.05) is 19.0 Å². The minimum atomic E-state index is -0.412. The maximum atomic E-state index is 11.1. The first kappa shape index (κ1) is 16.6. The van der Waals surface area contributed by atoms with Crippen LogP contribution in [-0.2, 0) is 0 Å². The summed E-state index contributed by atoms with van der Waals surface area (Å²) >= 11 is 0. The largest absolute Gasteiger partial charge is 0.457 e. The average molecular weight is 316 g/mol. The zero-order chi connectivity index (χ0) is 16.8. The summed E-state index contributed by atoms with van der Waals surface area (Å²) in [6.07, 6.45) is 0. The van der Waals surface area contributed by atoms with Crippen molar-refractivity contribution in [2.75, 3.05) is 38.2 Å². The molecule has 0 unspecified atom stereocenters. The summed E-state index contributed by atoms with van der Waals surface area (Å²) in [5, 5.41) is 14.2. The van der Waals surface area contributed by atoms with E-state index in [9.17, 15) is 10.1 Å². The maximum absolute atomic E-state index is 11.1. The van der Waals surface area contributed by atoms with E-state index in [2.05, 4.69) is 5.32 Å². The van der Waals surface area contributed by atoms with Gasteiger partial charge in [-0.15, -0.1) is 0 Å². The van der Waals surface area contributed by atoms with Crippen molar-refractivity contribution in [3.63, 3.8) is 0 Å². The summed E-state index contributed by atoms with van der Waals surface area (Å²) in [5.74, 6) is 1.14. The Labute approximate surface area is 134 Å². The van der Waals surface area contributed by atoms with E-state index in [0.29, 0.717) is 29.4 Å². The molecule has 0 aromatic heterocycles. The van der Waals surface area contributed by atoms with Gasteiger partial charge < -0.3 is 20.7 Å². The fourth-order valence-electron chi connectivity index (χ4n) is 1.97. The molecule has 2 rings (SSSR count). The Bertz CT molecular complexity index is 672. The molecule has 0 bridgehead atoms. The van der Waals surface area contributed by atoms with Crippen LogP contribution in [0.3, 0.4) is 0 Å². The van der Waals surface area contributed by atoms with E-state index in [1.165, 1.54) is 6.07 Å². The van der Waals surface area contributed by atoms with E-state index in [-0.39, 0.29) is 5.69 Å². The second kappa shape index (κ2) is 7.46. The molecule has 122 valence electrons. The van der Waals surface area contributed by atoms with Crippen LogP contribution in [0.5, 0.6) is 11.5 Å². The van der Waals surface area contributed by atoms with Gasteiger partial charge in [-0.1, -0.05) is 0 Å². The maximum Gasteiger partial charge on any atom is 0.292 e. The van der Waals surface area contributed by atoms with Crippen LogP contribution >= 0.6 is 0 Å². The highest BCUT2D eigenvalue weighted by molar-refractivity contribution is 5.64. The van der Waals surface area contributed by atoms with Gasteiger partial charge >= 0.3 is 0 Å². The molecule has 0 amide bonds. The summed E-state index contributed by atoms with van der Waals surface area (Å²) in [6, 6.07) is 11.6. The van der Waals surface area contributed by atoms with Crippen molar-refractivity contribution in [1.82, 2.24) is 4.90 Å². The van der Waals surface area contributed by atoms with Crippen LogP contribution in [0.1, 0.15) is 0 Å². The van der Waals surface area contributed by atoms with E-state index in [0.717, 1.165) is 6.54 Å². The molecule has 2 aromatic carbocycles. The van der Waals surface area contributed by atoms with Crippen LogP contribution in [0.25, 0.3) is 0 Å². The van der Waals surface area contributed by atoms with Crippen molar-refractivity contribution >= 4 is 17.1 Å². The molecule has 7 heteroatoms. The predicted molar refractivity (Wildman–Crippen MR) is 91.1 cm³/mol. The third kappa shape index (κ3) is 4.86. The first-order valence-electron chi connectivity index (χ1n) is 7.16. The second-order valence-corrected chi connectivity index (χ2v) is 5.34. The monoisotopic (exact) mass is 316 g/mol. The zero-order valence-corrected chi connectivity index (χ0v) is 13.2. The van der Waals surface area contributed by atoms with Gasteiger partial charge in [-0.3, -0.25) is 10.1 Å². The lowest BCUT2D eigenvalue weighted by atomic mass is 10.2. The van der Waals surface area contributed by atoms with Crippen LogP contribution in [0.2, 0.25) is 0 Å². The number of nitro benzene ring substituents is 1. The summed E-state index contributed by atoms with van der Waals surface area (Å²) in [4.78, 5) is 12.7. The molecule has 0 saturated heterocycles. The van der Waals surface area contributed by atoms with E-state index in [1.54, 1.807) is 36.4 Å². The van der Waals surface area contributed by atoms with Crippen molar-refractivity contribution in [2.24, 2.45) is 0 Å². The van der Waals surface area contributed by atoms with Gasteiger partial charge in [0.05, 0.1) is 4.92 Å². The summed E-state index contributed by atoms with van der Waals surface area (Å²) in [5.41, 5.74) is 6.73. The number of likely N-dealkylation sites (N-methyl/N-ethyl adjacent to an activating group) is 1. The summed E-state index contributed by atoms with van der Waals surface area (Å²) in [7, 11) is 3.88. The molecule has 0 aliphatic rings. The Balaban J connectivity index is 2.17. The molecule has 3 N–H and O–H groups in total. The molecule has 0 fully saturated rings. The molecule has 0 saturated carbocycles. The third-order valence-electron chi connectivity index (χ3n) is 3.15. The number of nitrogen functional groups attached to an aromatic ring is 1. The first-order chi connectivity index (χ1) is 11.0. The first-order valence-corrected chi connectivity index (χ1v) is 7.16. The molecule has 0 atom stereocenters. The van der Waals surface area contributed by atoms with Crippen LogP contribution in [0.4, 0.5) is 17.1 Å². The highest BCUT2D eigenvalue weighted by atomic mass is 16.6. The number of hydrogen-bond acceptors (Lipinski definition) is 6. The van der Waals surface area contributed by atoms with Gasteiger partial charge in [0.25, 0.3) is 5.69 Å². The van der Waals surface area contributed by atoms with Crippen molar-refractivity contribution in [3.05, 3.63) is 52.6 Å². The molecule has 2 aromatic rings. The van der Waals surface area contributed by atoms with Crippen LogP contribution in [0.15, 0.2) is 42.5 Å². The Morgan fingerprint density at radius 3 is 2.43 bits per heavy atom. The lowest BCUT2D eigenvalue weighted by Gasteiger charge is -2.13. The van der Waals surface area contributed by atoms with Crippen molar-refractivity contribution in [2.45, 2.75) is 0 Å². The number of nitrogens with one attached hydrogen (secondary N) is 1. The minimum Gasteiger partial charge on any atom is -0.457 e. The number of nitro groups is 1. The van der Waals surface area contributed by atoms with Gasteiger partial charge in [0.15, 0.2) is 0 Å². The Hall–Kier alpha value is -2.80. The Kier molecular flexibility index (Phi) is 5.37. The van der Waals surface area contributed by atoms with Crippen LogP contribution < -0.4 is 15.8 Å². The summed E-state index contributed by atoms with van der Waals surface area (Å²) < 4.78 is 5.71. The van der Waals surface area contributed by atoms with Crippen molar-refractivity contribution in [3.8, 4) is 11.5 Å². The normalized spacial score (nSPS) is 10.6. The standard InChI is InChI=1S/C16H20N4O3/c1-19(2)10-9-18-15-11-14(7-8-16(15)20(21)22)23-13-5-3-12(17)4-6-13/h3-8,11,18H,9-10,17H2,1-2H3. The molecule has 0 aliphatic heterocycles. The summed E-state index contributed by atoms with van der Waals surface area (Å²) in [6.45, 7) is 1.36. The van der Waals surface area contributed by atoms with Gasteiger partial charge in [-0.05, 0) is 44.4 Å². The van der Waals surface area contributed by atoms with Crippen molar-refractivity contribution < 1.29 is 9.66 Å². The molecule has 0 aliphatic carbocycles. The van der Waals surface area contributed by atoms with Gasteiger partial charge in [0.1, 0.15) is 17.2 Å². The molecular formula is C16H20N4O3. The molecule has 23 heavy (non-hydrogen) atoms. The fourth-order valence-corrected chi connectivity index (χ4v) is 1.97. The van der Waals surface area contributed by atoms with Gasteiger partial charge in [-0.25, -0.2) is 0 Å². The SMILES string of the molecule is CN(C)CCNc1cc(Oc2ccc(N)cc2)ccc1[N+](=O)[O-]. The highest BCUT2D eigenvalue weighted by Crippen LogP contribution is 2.31. The fraction of sp³-hybridized carbons (Fsp3) is 0.250. The Morgan fingerprint density at radius 1 is 1.17 bits per heavy atom. The number of hydrogen-bond donors (Lipinski definition) is 2. The molecule has 0 spiro atoms. The highest BCUT2D eigenvalue weighted by Gasteiger charge is 2.14. The second-order valence-electron chi connectivity index (χ2n) is 5.34. The number of benzene rings is 2. The van der Waals surface area contributed by atoms with Gasteiger partial charge in [0, 0.05) is 30.9 Å². The number of nitrogens with two attached hydrogens (primary N) is 1. The Morgan fingerprint density at radius 2 is 1.83 bits per heavy atom. The van der Waals surface area contributed by atoms with Gasteiger partial charge in [0.2, 0.25) is 0 Å². The average Bonchev–Trinajstić information content (AvgIpc) is 2.49. The van der Waals surface area contributed by atoms with E-state index in [4.69, 9.17) is 10.5 Å². The lowest BCUT2D eigenvalue weighted by molar-refractivity contribution is -0.384. The number of rotatable bonds is 7. The van der Waals surface area contributed by atoms with Gasteiger partial charge in [-0.2, -0.15) is 0 Å². The quantitative estimate of drug-likeness (QED) is 0.463. The topological polar surface area (TPSA) is 93.7 Å². The van der Waals surface area contributed by atoms with E-state index >= 15 is 0 Å². The molecule has 0 radical (unpaired) electrons. The number of anilines is 2. The van der Waals surface area contributed by atoms with Crippen molar-refractivity contribution in [1.29, 1.82) is 0 Å². The zero-order valence-electron chi connectivity index (χ0n) is 13.2. The lowest BCUT2D eigenvalue weighted by Crippen LogP contribution is -2.21.